The summed E-state index contributed by atoms with van der Waals surface area (Å²) in [5, 5.41) is 10.1. The zero-order chi connectivity index (χ0) is 13.0. The molecule has 0 aliphatic carbocycles. The van der Waals surface area contributed by atoms with Crippen LogP contribution in [0.2, 0.25) is 0 Å². The van der Waals surface area contributed by atoms with E-state index in [-0.39, 0.29) is 5.91 Å². The summed E-state index contributed by atoms with van der Waals surface area (Å²) < 4.78 is 5.12. The smallest absolute Gasteiger partial charge is 0.256 e. The third-order valence-corrected chi connectivity index (χ3v) is 3.48. The molecule has 1 aromatic rings. The van der Waals surface area contributed by atoms with E-state index in [1.165, 1.54) is 6.42 Å². The molecule has 2 rings (SSSR count). The third-order valence-electron chi connectivity index (χ3n) is 3.48. The molecule has 1 amide bonds. The van der Waals surface area contributed by atoms with Crippen molar-refractivity contribution in [2.24, 2.45) is 5.92 Å². The number of rotatable bonds is 5. The molecule has 1 aromatic heterocycles. The van der Waals surface area contributed by atoms with Crippen LogP contribution in [0, 0.1) is 12.8 Å². The van der Waals surface area contributed by atoms with E-state index < -0.39 is 0 Å². The maximum Gasteiger partial charge on any atom is 0.256 e. The van der Waals surface area contributed by atoms with E-state index >= 15 is 0 Å². The molecule has 1 aliphatic heterocycles. The van der Waals surface area contributed by atoms with Gasteiger partial charge in [-0.25, -0.2) is 0 Å². The van der Waals surface area contributed by atoms with E-state index in [9.17, 15) is 4.79 Å². The van der Waals surface area contributed by atoms with Crippen molar-refractivity contribution in [1.29, 1.82) is 0 Å². The fourth-order valence-electron chi connectivity index (χ4n) is 2.39. The minimum atomic E-state index is -0.0587. The molecule has 0 bridgehead atoms. The molecule has 0 radical (unpaired) electrons. The van der Waals surface area contributed by atoms with Gasteiger partial charge in [-0.15, -0.1) is 0 Å². The van der Waals surface area contributed by atoms with Gasteiger partial charge in [0.25, 0.3) is 5.91 Å². The Balaban J connectivity index is 1.85. The number of amides is 1. The highest BCUT2D eigenvalue weighted by Gasteiger charge is 2.19. The Labute approximate surface area is 107 Å². The van der Waals surface area contributed by atoms with Crippen molar-refractivity contribution in [1.82, 2.24) is 15.8 Å². The average molecular weight is 251 g/mol. The van der Waals surface area contributed by atoms with Crippen molar-refractivity contribution in [2.75, 3.05) is 19.6 Å². The van der Waals surface area contributed by atoms with Crippen molar-refractivity contribution in [3.8, 4) is 0 Å². The zero-order valence-corrected chi connectivity index (χ0v) is 11.1. The van der Waals surface area contributed by atoms with Gasteiger partial charge in [0.05, 0.1) is 5.69 Å². The van der Waals surface area contributed by atoms with E-state index in [0.717, 1.165) is 26.1 Å². The van der Waals surface area contributed by atoms with Crippen LogP contribution >= 0.6 is 0 Å². The normalized spacial score (nSPS) is 19.1. The van der Waals surface area contributed by atoms with E-state index in [1.54, 1.807) is 6.92 Å². The van der Waals surface area contributed by atoms with Crippen LogP contribution in [0.4, 0.5) is 0 Å². The fraction of sp³-hybridized carbons (Fsp3) is 0.692. The lowest BCUT2D eigenvalue weighted by atomic mass is 10.1. The van der Waals surface area contributed by atoms with Crippen molar-refractivity contribution >= 4 is 5.91 Å². The van der Waals surface area contributed by atoms with Gasteiger partial charge in [-0.1, -0.05) is 12.1 Å². The Morgan fingerprint density at radius 1 is 1.61 bits per heavy atom. The number of aryl methyl sites for hydroxylation is 2. The van der Waals surface area contributed by atoms with Crippen LogP contribution in [0.1, 0.15) is 41.6 Å². The maximum atomic E-state index is 12.1. The predicted octanol–water partition coefficient (Wildman–Crippen LogP) is 1.27. The number of carbonyl (C=O) groups excluding carboxylic acids is 1. The fourth-order valence-corrected chi connectivity index (χ4v) is 2.39. The van der Waals surface area contributed by atoms with Crippen molar-refractivity contribution in [2.45, 2.75) is 33.1 Å². The Hall–Kier alpha value is -1.36. The van der Waals surface area contributed by atoms with Crippen molar-refractivity contribution < 1.29 is 9.32 Å². The SMILES string of the molecule is CCc1onc(C)c1C(=O)NCCC1CCNC1. The van der Waals surface area contributed by atoms with Gasteiger partial charge in [0, 0.05) is 13.0 Å². The Kier molecular flexibility index (Phi) is 4.36. The Bertz CT molecular complexity index is 408. The molecule has 2 N–H and O–H groups in total. The summed E-state index contributed by atoms with van der Waals surface area (Å²) >= 11 is 0. The lowest BCUT2D eigenvalue weighted by Gasteiger charge is -2.09. The Morgan fingerprint density at radius 3 is 3.11 bits per heavy atom. The van der Waals surface area contributed by atoms with E-state index in [0.29, 0.717) is 29.4 Å². The molecule has 5 heteroatoms. The number of hydrogen-bond donors (Lipinski definition) is 2. The van der Waals surface area contributed by atoms with Gasteiger partial charge in [0.1, 0.15) is 11.3 Å². The average Bonchev–Trinajstić information content (AvgIpc) is 2.98. The van der Waals surface area contributed by atoms with E-state index in [1.807, 2.05) is 6.92 Å². The summed E-state index contributed by atoms with van der Waals surface area (Å²) in [4.78, 5) is 12.1. The molecule has 0 spiro atoms. The first-order valence-electron chi connectivity index (χ1n) is 6.66. The van der Waals surface area contributed by atoms with Crippen LogP contribution in [-0.2, 0) is 6.42 Å². The molecule has 18 heavy (non-hydrogen) atoms. The number of aromatic nitrogens is 1. The molecule has 1 aliphatic rings. The second kappa shape index (κ2) is 6.00. The summed E-state index contributed by atoms with van der Waals surface area (Å²) in [7, 11) is 0. The molecular formula is C13H21N3O2. The van der Waals surface area contributed by atoms with Gasteiger partial charge >= 0.3 is 0 Å². The second-order valence-corrected chi connectivity index (χ2v) is 4.82. The van der Waals surface area contributed by atoms with Gasteiger partial charge in [0.15, 0.2) is 0 Å². The second-order valence-electron chi connectivity index (χ2n) is 4.82. The maximum absolute atomic E-state index is 12.1. The van der Waals surface area contributed by atoms with Gasteiger partial charge in [0.2, 0.25) is 0 Å². The van der Waals surface area contributed by atoms with Crippen LogP contribution in [0.25, 0.3) is 0 Å². The van der Waals surface area contributed by atoms with Gasteiger partial charge in [-0.3, -0.25) is 4.79 Å². The summed E-state index contributed by atoms with van der Waals surface area (Å²) in [5.74, 6) is 1.31. The van der Waals surface area contributed by atoms with Crippen LogP contribution in [0.3, 0.4) is 0 Å². The highest BCUT2D eigenvalue weighted by Crippen LogP contribution is 2.15. The summed E-state index contributed by atoms with van der Waals surface area (Å²) in [6, 6.07) is 0. The molecule has 1 atom stereocenters. The molecule has 1 unspecified atom stereocenters. The molecule has 1 saturated heterocycles. The summed E-state index contributed by atoms with van der Waals surface area (Å²) in [6.07, 6.45) is 2.93. The summed E-state index contributed by atoms with van der Waals surface area (Å²) in [6.45, 7) is 6.66. The first kappa shape index (κ1) is 13.1. The van der Waals surface area contributed by atoms with Gasteiger partial charge < -0.3 is 15.2 Å². The zero-order valence-electron chi connectivity index (χ0n) is 11.1. The van der Waals surface area contributed by atoms with E-state index in [4.69, 9.17) is 4.52 Å². The van der Waals surface area contributed by atoms with Crippen LogP contribution < -0.4 is 10.6 Å². The lowest BCUT2D eigenvalue weighted by Crippen LogP contribution is -2.27. The first-order valence-corrected chi connectivity index (χ1v) is 6.66. The van der Waals surface area contributed by atoms with Crippen LogP contribution in [0.15, 0.2) is 4.52 Å². The minimum Gasteiger partial charge on any atom is -0.360 e. The highest BCUT2D eigenvalue weighted by atomic mass is 16.5. The van der Waals surface area contributed by atoms with Crippen molar-refractivity contribution in [3.05, 3.63) is 17.0 Å². The third kappa shape index (κ3) is 2.90. The number of hydrogen-bond acceptors (Lipinski definition) is 4. The predicted molar refractivity (Wildman–Crippen MR) is 68.5 cm³/mol. The monoisotopic (exact) mass is 251 g/mol. The molecule has 5 nitrogen and oxygen atoms in total. The lowest BCUT2D eigenvalue weighted by molar-refractivity contribution is 0.0949. The topological polar surface area (TPSA) is 67.2 Å². The van der Waals surface area contributed by atoms with Crippen LogP contribution in [0.5, 0.6) is 0 Å². The quantitative estimate of drug-likeness (QED) is 0.827. The van der Waals surface area contributed by atoms with Gasteiger partial charge in [-0.05, 0) is 38.8 Å². The minimum absolute atomic E-state index is 0.0587. The van der Waals surface area contributed by atoms with E-state index in [2.05, 4.69) is 15.8 Å². The number of carbonyl (C=O) groups is 1. The molecule has 0 aromatic carbocycles. The van der Waals surface area contributed by atoms with Gasteiger partial charge in [-0.2, -0.15) is 0 Å². The largest absolute Gasteiger partial charge is 0.360 e. The number of nitrogens with one attached hydrogen (secondary N) is 2. The molecule has 2 heterocycles. The van der Waals surface area contributed by atoms with Crippen molar-refractivity contribution in [3.63, 3.8) is 0 Å². The highest BCUT2D eigenvalue weighted by molar-refractivity contribution is 5.96. The number of nitrogens with zero attached hydrogens (tertiary/aromatic N) is 1. The Morgan fingerprint density at radius 2 is 2.44 bits per heavy atom. The summed E-state index contributed by atoms with van der Waals surface area (Å²) in [5.41, 5.74) is 1.29. The molecule has 1 fully saturated rings. The standard InChI is InChI=1S/C13H21N3O2/c1-3-11-12(9(2)16-18-11)13(17)15-7-5-10-4-6-14-8-10/h10,14H,3-8H2,1-2H3,(H,15,17). The molecule has 0 saturated carbocycles. The molecule has 100 valence electrons. The van der Waals surface area contributed by atoms with Crippen LogP contribution in [-0.4, -0.2) is 30.7 Å². The first-order chi connectivity index (χ1) is 8.72. The molecular weight excluding hydrogens is 230 g/mol.